The normalized spacial score (nSPS) is 22.6. The molecule has 1 saturated carbocycles. The Balaban J connectivity index is 1.85. The first-order valence-corrected chi connectivity index (χ1v) is 6.95. The zero-order chi connectivity index (χ0) is 14.5. The molecule has 0 radical (unpaired) electrons. The summed E-state index contributed by atoms with van der Waals surface area (Å²) in [4.78, 5) is 11.7. The van der Waals surface area contributed by atoms with Crippen LogP contribution in [-0.2, 0) is 11.2 Å². The lowest BCUT2D eigenvalue weighted by Gasteiger charge is -2.27. The molecule has 0 bridgehead atoms. The highest BCUT2D eigenvalue weighted by Gasteiger charge is 2.23. The largest absolute Gasteiger partial charge is 0.393 e. The number of halogens is 2. The Bertz CT molecular complexity index is 479. The van der Waals surface area contributed by atoms with E-state index in [1.54, 1.807) is 0 Å². The van der Waals surface area contributed by atoms with Crippen LogP contribution in [0.25, 0.3) is 0 Å². The minimum Gasteiger partial charge on any atom is -0.393 e. The zero-order valence-corrected chi connectivity index (χ0v) is 11.2. The lowest BCUT2D eigenvalue weighted by atomic mass is 9.86. The van der Waals surface area contributed by atoms with E-state index in [1.165, 1.54) is 12.1 Å². The van der Waals surface area contributed by atoms with Gasteiger partial charge in [0, 0.05) is 18.0 Å². The third kappa shape index (κ3) is 3.76. The summed E-state index contributed by atoms with van der Waals surface area (Å²) >= 11 is 0. The minimum atomic E-state index is -0.972. The molecule has 0 saturated heterocycles. The van der Waals surface area contributed by atoms with Crippen LogP contribution in [0.3, 0.4) is 0 Å². The van der Waals surface area contributed by atoms with Gasteiger partial charge >= 0.3 is 0 Å². The number of carbonyl (C=O) groups is 1. The van der Waals surface area contributed by atoms with Crippen LogP contribution in [0, 0.1) is 17.6 Å². The average molecular weight is 283 g/mol. The third-order valence-electron chi connectivity index (χ3n) is 3.81. The van der Waals surface area contributed by atoms with Crippen molar-refractivity contribution in [2.45, 2.75) is 38.2 Å². The summed E-state index contributed by atoms with van der Waals surface area (Å²) in [5, 5.41) is 12.5. The van der Waals surface area contributed by atoms with Crippen molar-refractivity contribution in [3.63, 3.8) is 0 Å². The second-order valence-corrected chi connectivity index (χ2v) is 5.31. The number of nitrogens with one attached hydrogen (secondary N) is 1. The molecule has 1 amide bonds. The highest BCUT2D eigenvalue weighted by atomic mass is 19.2. The van der Waals surface area contributed by atoms with Crippen LogP contribution in [0.1, 0.15) is 31.2 Å². The maximum atomic E-state index is 13.4. The monoisotopic (exact) mass is 283 g/mol. The molecule has 2 N–H and O–H groups in total. The van der Waals surface area contributed by atoms with Crippen molar-refractivity contribution in [3.05, 3.63) is 35.4 Å². The summed E-state index contributed by atoms with van der Waals surface area (Å²) in [6, 6.07) is 3.80. The van der Waals surface area contributed by atoms with Crippen molar-refractivity contribution < 1.29 is 18.7 Å². The zero-order valence-electron chi connectivity index (χ0n) is 11.2. The summed E-state index contributed by atoms with van der Waals surface area (Å²) in [6.45, 7) is 0.386. The van der Waals surface area contributed by atoms with Gasteiger partial charge in [-0.25, -0.2) is 8.78 Å². The van der Waals surface area contributed by atoms with Crippen LogP contribution in [0.4, 0.5) is 8.78 Å². The smallest absolute Gasteiger partial charge is 0.224 e. The molecular weight excluding hydrogens is 264 g/mol. The molecule has 0 aromatic heterocycles. The fraction of sp³-hybridized carbons (Fsp3) is 0.533. The molecule has 2 atom stereocenters. The average Bonchev–Trinajstić information content (AvgIpc) is 2.43. The fourth-order valence-corrected chi connectivity index (χ4v) is 2.59. The van der Waals surface area contributed by atoms with E-state index in [2.05, 4.69) is 5.32 Å². The van der Waals surface area contributed by atoms with E-state index in [4.69, 9.17) is 0 Å². The summed E-state index contributed by atoms with van der Waals surface area (Å²) in [5.41, 5.74) is 0.0479. The Labute approximate surface area is 117 Å². The van der Waals surface area contributed by atoms with Gasteiger partial charge in [0.1, 0.15) is 0 Å². The molecule has 1 aliphatic rings. The van der Waals surface area contributed by atoms with Gasteiger partial charge in [0.25, 0.3) is 0 Å². The molecule has 1 aliphatic carbocycles. The van der Waals surface area contributed by atoms with Crippen molar-refractivity contribution in [1.29, 1.82) is 0 Å². The van der Waals surface area contributed by atoms with E-state index in [-0.39, 0.29) is 29.9 Å². The first-order valence-electron chi connectivity index (χ1n) is 6.95. The lowest BCUT2D eigenvalue weighted by Crippen LogP contribution is -2.37. The Morgan fingerprint density at radius 3 is 2.80 bits per heavy atom. The highest BCUT2D eigenvalue weighted by Crippen LogP contribution is 2.23. The van der Waals surface area contributed by atoms with Crippen LogP contribution in [0.2, 0.25) is 0 Å². The molecule has 1 aromatic rings. The number of aliphatic hydroxyl groups is 1. The Hall–Kier alpha value is -1.49. The molecule has 110 valence electrons. The van der Waals surface area contributed by atoms with Gasteiger partial charge in [0.05, 0.1) is 12.5 Å². The van der Waals surface area contributed by atoms with Gasteiger partial charge in [0.2, 0.25) is 5.91 Å². The second-order valence-electron chi connectivity index (χ2n) is 5.31. The van der Waals surface area contributed by atoms with Gasteiger partial charge in [-0.15, -0.1) is 0 Å². The number of hydrogen-bond acceptors (Lipinski definition) is 2. The minimum absolute atomic E-state index is 0.0479. The van der Waals surface area contributed by atoms with E-state index in [1.807, 2.05) is 0 Å². The predicted molar refractivity (Wildman–Crippen MR) is 71.0 cm³/mol. The Morgan fingerprint density at radius 1 is 1.30 bits per heavy atom. The summed E-state index contributed by atoms with van der Waals surface area (Å²) in [7, 11) is 0. The van der Waals surface area contributed by atoms with Crippen molar-refractivity contribution in [2.24, 2.45) is 5.92 Å². The SMILES string of the molecule is O=C(Cc1cccc(F)c1F)NC[C@@H]1CCCC[C@H]1O. The Morgan fingerprint density at radius 2 is 2.05 bits per heavy atom. The molecular formula is C15H19F2NO2. The van der Waals surface area contributed by atoms with Gasteiger partial charge in [-0.05, 0) is 18.9 Å². The van der Waals surface area contributed by atoms with Gasteiger partial charge < -0.3 is 10.4 Å². The van der Waals surface area contributed by atoms with Gasteiger partial charge in [-0.1, -0.05) is 25.0 Å². The van der Waals surface area contributed by atoms with Gasteiger partial charge in [-0.3, -0.25) is 4.79 Å². The first-order chi connectivity index (χ1) is 9.58. The molecule has 5 heteroatoms. The van der Waals surface area contributed by atoms with Crippen molar-refractivity contribution in [3.8, 4) is 0 Å². The number of amides is 1. The maximum absolute atomic E-state index is 13.4. The molecule has 1 aromatic carbocycles. The summed E-state index contributed by atoms with van der Waals surface area (Å²) in [6.07, 6.45) is 3.15. The first kappa shape index (κ1) is 14.9. The van der Waals surface area contributed by atoms with Crippen molar-refractivity contribution in [1.82, 2.24) is 5.32 Å². The van der Waals surface area contributed by atoms with E-state index in [0.29, 0.717) is 6.54 Å². The summed E-state index contributed by atoms with van der Waals surface area (Å²) < 4.78 is 26.4. The number of aliphatic hydroxyl groups excluding tert-OH is 1. The van der Waals surface area contributed by atoms with E-state index < -0.39 is 11.6 Å². The van der Waals surface area contributed by atoms with Crippen LogP contribution in [-0.4, -0.2) is 23.7 Å². The number of rotatable bonds is 4. The van der Waals surface area contributed by atoms with Crippen LogP contribution >= 0.6 is 0 Å². The lowest BCUT2D eigenvalue weighted by molar-refractivity contribution is -0.120. The number of hydrogen-bond donors (Lipinski definition) is 2. The van der Waals surface area contributed by atoms with Crippen molar-refractivity contribution >= 4 is 5.91 Å². The Kier molecular flexibility index (Phi) is 5.06. The highest BCUT2D eigenvalue weighted by molar-refractivity contribution is 5.78. The third-order valence-corrected chi connectivity index (χ3v) is 3.81. The molecule has 0 heterocycles. The molecule has 0 unspecified atom stereocenters. The fourth-order valence-electron chi connectivity index (χ4n) is 2.59. The van der Waals surface area contributed by atoms with Gasteiger partial charge in [0.15, 0.2) is 11.6 Å². The summed E-state index contributed by atoms with van der Waals surface area (Å²) in [5.74, 6) is -2.21. The van der Waals surface area contributed by atoms with E-state index in [9.17, 15) is 18.7 Å². The van der Waals surface area contributed by atoms with Gasteiger partial charge in [-0.2, -0.15) is 0 Å². The maximum Gasteiger partial charge on any atom is 0.224 e. The topological polar surface area (TPSA) is 49.3 Å². The van der Waals surface area contributed by atoms with Crippen molar-refractivity contribution in [2.75, 3.05) is 6.54 Å². The second kappa shape index (κ2) is 6.79. The quantitative estimate of drug-likeness (QED) is 0.889. The molecule has 3 nitrogen and oxygen atoms in total. The standard InChI is InChI=1S/C15H19F2NO2/c16-12-6-3-5-10(15(12)17)8-14(20)18-9-11-4-1-2-7-13(11)19/h3,5-6,11,13,19H,1-2,4,7-9H2,(H,18,20)/t11-,13+/m0/s1. The molecule has 1 fully saturated rings. The molecule has 2 rings (SSSR count). The van der Waals surface area contributed by atoms with E-state index >= 15 is 0 Å². The van der Waals surface area contributed by atoms with Crippen LogP contribution < -0.4 is 5.32 Å². The molecule has 20 heavy (non-hydrogen) atoms. The molecule has 0 spiro atoms. The van der Waals surface area contributed by atoms with Crippen LogP contribution in [0.15, 0.2) is 18.2 Å². The molecule has 0 aliphatic heterocycles. The van der Waals surface area contributed by atoms with Crippen LogP contribution in [0.5, 0.6) is 0 Å². The van der Waals surface area contributed by atoms with E-state index in [0.717, 1.165) is 31.7 Å². The predicted octanol–water partition coefficient (Wildman–Crippen LogP) is 2.17. The number of benzene rings is 1. The number of carbonyl (C=O) groups excluding carboxylic acids is 1.